The number of nitrogens with zero attached hydrogens (tertiary/aromatic N) is 1. The van der Waals surface area contributed by atoms with E-state index in [2.05, 4.69) is 16.0 Å². The summed E-state index contributed by atoms with van der Waals surface area (Å²) in [5.74, 6) is -0.367. The Labute approximate surface area is 176 Å². The molecule has 160 valence electrons. The summed E-state index contributed by atoms with van der Waals surface area (Å²) in [6.45, 7) is 3.54. The van der Waals surface area contributed by atoms with E-state index >= 15 is 0 Å². The van der Waals surface area contributed by atoms with E-state index in [1.807, 2.05) is 42.2 Å². The molecule has 1 saturated heterocycles. The van der Waals surface area contributed by atoms with E-state index in [9.17, 15) is 14.0 Å². The first-order valence-electron chi connectivity index (χ1n) is 10.4. The third kappa shape index (κ3) is 6.20. The van der Waals surface area contributed by atoms with E-state index in [0.29, 0.717) is 19.5 Å². The topological polar surface area (TPSA) is 73.5 Å². The molecule has 3 rings (SSSR count). The molecule has 7 heteroatoms. The van der Waals surface area contributed by atoms with Crippen molar-refractivity contribution in [1.29, 1.82) is 0 Å². The molecule has 3 N–H and O–H groups in total. The molecule has 2 aromatic rings. The van der Waals surface area contributed by atoms with Gasteiger partial charge in [0, 0.05) is 31.4 Å². The van der Waals surface area contributed by atoms with Crippen molar-refractivity contribution in [3.05, 3.63) is 66.0 Å². The van der Waals surface area contributed by atoms with E-state index in [0.717, 1.165) is 24.1 Å². The van der Waals surface area contributed by atoms with Crippen LogP contribution in [0.25, 0.3) is 0 Å². The smallest absolute Gasteiger partial charge is 0.315 e. The van der Waals surface area contributed by atoms with E-state index < -0.39 is 12.1 Å². The second-order valence-electron chi connectivity index (χ2n) is 7.57. The summed E-state index contributed by atoms with van der Waals surface area (Å²) in [7, 11) is 0. The van der Waals surface area contributed by atoms with Gasteiger partial charge in [0.05, 0.1) is 0 Å². The standard InChI is InChI=1S/C23H29FN4O2/c1-2-6-21(27-23(30)25-15-17-9-11-18(24)12-10-17)22(29)28-14-13-20(16-28)26-19-7-4-3-5-8-19/h3-5,7-12,20-21,26H,2,6,13-16H2,1H3,(H2,25,27,30). The molecule has 1 aliphatic rings. The molecule has 0 spiro atoms. The highest BCUT2D eigenvalue weighted by atomic mass is 19.1. The van der Waals surface area contributed by atoms with Gasteiger partial charge in [-0.2, -0.15) is 0 Å². The third-order valence-electron chi connectivity index (χ3n) is 5.19. The van der Waals surface area contributed by atoms with E-state index in [1.165, 1.54) is 12.1 Å². The Bertz CT molecular complexity index is 829. The molecule has 0 saturated carbocycles. The van der Waals surface area contributed by atoms with Gasteiger partial charge in [0.2, 0.25) is 5.91 Å². The Hall–Kier alpha value is -3.09. The fraction of sp³-hybridized carbons (Fsp3) is 0.391. The van der Waals surface area contributed by atoms with Crippen LogP contribution in [0.1, 0.15) is 31.7 Å². The minimum absolute atomic E-state index is 0.0499. The van der Waals surface area contributed by atoms with E-state index in [4.69, 9.17) is 0 Å². The number of hydrogen-bond donors (Lipinski definition) is 3. The first-order valence-corrected chi connectivity index (χ1v) is 10.4. The SMILES string of the molecule is CCCC(NC(=O)NCc1ccc(F)cc1)C(=O)N1CCC(Nc2ccccc2)C1. The second kappa shape index (κ2) is 10.6. The Morgan fingerprint density at radius 1 is 1.13 bits per heavy atom. The Kier molecular flexibility index (Phi) is 7.65. The molecule has 0 radical (unpaired) electrons. The molecule has 2 unspecified atom stereocenters. The summed E-state index contributed by atoms with van der Waals surface area (Å²) in [6.07, 6.45) is 2.24. The van der Waals surface area contributed by atoms with Crippen LogP contribution in [0.4, 0.5) is 14.9 Å². The minimum atomic E-state index is -0.557. The zero-order valence-electron chi connectivity index (χ0n) is 17.2. The zero-order valence-corrected chi connectivity index (χ0v) is 17.2. The molecule has 0 aliphatic carbocycles. The molecular formula is C23H29FN4O2. The maximum absolute atomic E-state index is 13.0. The summed E-state index contributed by atoms with van der Waals surface area (Å²) in [4.78, 5) is 27.1. The van der Waals surface area contributed by atoms with Gasteiger partial charge in [-0.25, -0.2) is 9.18 Å². The molecule has 1 heterocycles. The fourth-order valence-corrected chi connectivity index (χ4v) is 3.61. The van der Waals surface area contributed by atoms with Gasteiger partial charge in [-0.3, -0.25) is 4.79 Å². The fourth-order valence-electron chi connectivity index (χ4n) is 3.61. The van der Waals surface area contributed by atoms with Crippen LogP contribution < -0.4 is 16.0 Å². The Morgan fingerprint density at radius 3 is 2.57 bits per heavy atom. The van der Waals surface area contributed by atoms with Gasteiger partial charge in [0.25, 0.3) is 0 Å². The van der Waals surface area contributed by atoms with Crippen molar-refractivity contribution < 1.29 is 14.0 Å². The number of para-hydroxylation sites is 1. The van der Waals surface area contributed by atoms with E-state index in [1.54, 1.807) is 12.1 Å². The van der Waals surface area contributed by atoms with E-state index in [-0.39, 0.29) is 24.3 Å². The van der Waals surface area contributed by atoms with Crippen LogP contribution in [-0.4, -0.2) is 42.0 Å². The highest BCUT2D eigenvalue weighted by molar-refractivity contribution is 5.87. The lowest BCUT2D eigenvalue weighted by atomic mass is 10.1. The van der Waals surface area contributed by atoms with Gasteiger partial charge >= 0.3 is 6.03 Å². The summed E-state index contributed by atoms with van der Waals surface area (Å²) in [6, 6.07) is 15.1. The number of carbonyl (C=O) groups is 2. The van der Waals surface area contributed by atoms with Crippen LogP contribution in [0, 0.1) is 5.82 Å². The summed E-state index contributed by atoms with van der Waals surface area (Å²) < 4.78 is 13.0. The van der Waals surface area contributed by atoms with Crippen molar-refractivity contribution in [1.82, 2.24) is 15.5 Å². The highest BCUT2D eigenvalue weighted by Crippen LogP contribution is 2.17. The first kappa shape index (κ1) is 21.6. The van der Waals surface area contributed by atoms with Crippen LogP contribution in [0.2, 0.25) is 0 Å². The highest BCUT2D eigenvalue weighted by Gasteiger charge is 2.31. The number of anilines is 1. The van der Waals surface area contributed by atoms with Gasteiger partial charge in [-0.15, -0.1) is 0 Å². The number of benzene rings is 2. The second-order valence-corrected chi connectivity index (χ2v) is 7.57. The molecule has 2 aromatic carbocycles. The van der Waals surface area contributed by atoms with Crippen molar-refractivity contribution in [2.75, 3.05) is 18.4 Å². The van der Waals surface area contributed by atoms with Crippen molar-refractivity contribution in [2.24, 2.45) is 0 Å². The Balaban J connectivity index is 1.50. The van der Waals surface area contributed by atoms with Gasteiger partial charge in [0.15, 0.2) is 0 Å². The molecular weight excluding hydrogens is 383 g/mol. The van der Waals surface area contributed by atoms with Gasteiger partial charge in [-0.1, -0.05) is 43.7 Å². The van der Waals surface area contributed by atoms with Crippen LogP contribution >= 0.6 is 0 Å². The van der Waals surface area contributed by atoms with Crippen molar-refractivity contribution >= 4 is 17.6 Å². The largest absolute Gasteiger partial charge is 0.380 e. The average molecular weight is 413 g/mol. The monoisotopic (exact) mass is 412 g/mol. The molecule has 2 atom stereocenters. The molecule has 6 nitrogen and oxygen atoms in total. The maximum Gasteiger partial charge on any atom is 0.315 e. The Morgan fingerprint density at radius 2 is 1.87 bits per heavy atom. The number of nitrogens with one attached hydrogen (secondary N) is 3. The van der Waals surface area contributed by atoms with Gasteiger partial charge < -0.3 is 20.9 Å². The molecule has 1 aliphatic heterocycles. The first-order chi connectivity index (χ1) is 14.5. The van der Waals surface area contributed by atoms with Crippen molar-refractivity contribution in [2.45, 2.75) is 44.8 Å². The summed E-state index contributed by atoms with van der Waals surface area (Å²) in [5, 5.41) is 9.00. The lowest BCUT2D eigenvalue weighted by Gasteiger charge is -2.24. The zero-order chi connectivity index (χ0) is 21.3. The maximum atomic E-state index is 13.0. The summed E-state index contributed by atoms with van der Waals surface area (Å²) in [5.41, 5.74) is 1.83. The van der Waals surface area contributed by atoms with Crippen LogP contribution in [0.5, 0.6) is 0 Å². The summed E-state index contributed by atoms with van der Waals surface area (Å²) >= 11 is 0. The number of halogens is 1. The van der Waals surface area contributed by atoms with Crippen molar-refractivity contribution in [3.63, 3.8) is 0 Å². The lowest BCUT2D eigenvalue weighted by molar-refractivity contribution is -0.132. The number of urea groups is 1. The van der Waals surface area contributed by atoms with Crippen LogP contribution in [0.15, 0.2) is 54.6 Å². The third-order valence-corrected chi connectivity index (χ3v) is 5.19. The van der Waals surface area contributed by atoms with Crippen molar-refractivity contribution in [3.8, 4) is 0 Å². The number of amides is 3. The number of hydrogen-bond acceptors (Lipinski definition) is 3. The van der Waals surface area contributed by atoms with Crippen LogP contribution in [-0.2, 0) is 11.3 Å². The van der Waals surface area contributed by atoms with Gasteiger partial charge in [0.1, 0.15) is 11.9 Å². The molecule has 0 aromatic heterocycles. The number of rotatable bonds is 8. The molecule has 30 heavy (non-hydrogen) atoms. The predicted octanol–water partition coefficient (Wildman–Crippen LogP) is 3.51. The normalized spacial score (nSPS) is 16.7. The number of carbonyl (C=O) groups excluding carboxylic acids is 2. The predicted molar refractivity (Wildman–Crippen MR) is 116 cm³/mol. The minimum Gasteiger partial charge on any atom is -0.380 e. The lowest BCUT2D eigenvalue weighted by Crippen LogP contribution is -2.50. The average Bonchev–Trinajstić information content (AvgIpc) is 3.21. The van der Waals surface area contributed by atoms with Crippen LogP contribution in [0.3, 0.4) is 0 Å². The number of likely N-dealkylation sites (tertiary alicyclic amines) is 1. The molecule has 0 bridgehead atoms. The molecule has 3 amide bonds. The molecule has 1 fully saturated rings. The quantitative estimate of drug-likeness (QED) is 0.621. The van der Waals surface area contributed by atoms with Gasteiger partial charge in [-0.05, 0) is 42.7 Å².